The summed E-state index contributed by atoms with van der Waals surface area (Å²) >= 11 is 11.5. The first-order valence-corrected chi connectivity index (χ1v) is 8.13. The van der Waals surface area contributed by atoms with Crippen LogP contribution < -0.4 is 0 Å². The van der Waals surface area contributed by atoms with Gasteiger partial charge in [0.05, 0.1) is 12.2 Å². The van der Waals surface area contributed by atoms with E-state index in [-0.39, 0.29) is 29.7 Å². The smallest absolute Gasteiger partial charge is 0.317 e. The average Bonchev–Trinajstić information content (AvgIpc) is 2.47. The van der Waals surface area contributed by atoms with Crippen molar-refractivity contribution in [3.63, 3.8) is 0 Å². The zero-order chi connectivity index (χ0) is 17.0. The van der Waals surface area contributed by atoms with Gasteiger partial charge in [0.25, 0.3) is 0 Å². The Balaban J connectivity index is 2.37. The van der Waals surface area contributed by atoms with Crippen molar-refractivity contribution in [3.8, 4) is 0 Å². The van der Waals surface area contributed by atoms with Crippen LogP contribution in [0.5, 0.6) is 0 Å². The summed E-state index contributed by atoms with van der Waals surface area (Å²) in [7, 11) is 0. The summed E-state index contributed by atoms with van der Waals surface area (Å²) in [6.45, 7) is 1.85. The van der Waals surface area contributed by atoms with E-state index in [9.17, 15) is 14.7 Å². The molecule has 0 saturated heterocycles. The molecule has 1 aromatic carbocycles. The summed E-state index contributed by atoms with van der Waals surface area (Å²) in [4.78, 5) is 24.6. The number of rotatable bonds is 4. The van der Waals surface area contributed by atoms with Gasteiger partial charge in [0.1, 0.15) is 10.4 Å². The number of allylic oxidation sites excluding steroid dienone is 1. The molecule has 0 radical (unpaired) electrons. The molecule has 1 aliphatic carbocycles. The van der Waals surface area contributed by atoms with Gasteiger partial charge >= 0.3 is 5.97 Å². The third kappa shape index (κ3) is 4.14. The predicted molar refractivity (Wildman–Crippen MR) is 88.0 cm³/mol. The molecule has 0 heterocycles. The fourth-order valence-corrected chi connectivity index (χ4v) is 3.36. The van der Waals surface area contributed by atoms with Crippen LogP contribution in [0.25, 0.3) is 0 Å². The van der Waals surface area contributed by atoms with Crippen LogP contribution >= 0.6 is 23.2 Å². The van der Waals surface area contributed by atoms with Crippen molar-refractivity contribution in [1.82, 2.24) is 0 Å². The van der Waals surface area contributed by atoms with Gasteiger partial charge in [-0.25, -0.2) is 0 Å². The lowest BCUT2D eigenvalue weighted by atomic mass is 9.68. The van der Waals surface area contributed by atoms with Gasteiger partial charge in [-0.3, -0.25) is 9.59 Å². The first-order valence-electron chi connectivity index (χ1n) is 7.37. The summed E-state index contributed by atoms with van der Waals surface area (Å²) in [5.74, 6) is -2.60. The highest BCUT2D eigenvalue weighted by atomic mass is 35.5. The maximum absolute atomic E-state index is 12.5. The summed E-state index contributed by atoms with van der Waals surface area (Å²) < 4.78 is 4.93. The van der Waals surface area contributed by atoms with Crippen LogP contribution in [0.3, 0.4) is 0 Å². The molecule has 1 saturated carbocycles. The van der Waals surface area contributed by atoms with Crippen LogP contribution in [-0.2, 0) is 19.9 Å². The largest absolute Gasteiger partial charge is 0.465 e. The van der Waals surface area contributed by atoms with Gasteiger partial charge in [-0.1, -0.05) is 53.5 Å². The van der Waals surface area contributed by atoms with Crippen LogP contribution in [-0.4, -0.2) is 23.5 Å². The molecule has 0 bridgehead atoms. The van der Waals surface area contributed by atoms with Gasteiger partial charge in [-0.05, 0) is 25.0 Å². The SMILES string of the molecule is CCOC(=O)[C@H]1C(=O)C[C@@](O)(c2ccccc2)C[C@H]1C=C(Cl)Cl. The Morgan fingerprint density at radius 1 is 1.39 bits per heavy atom. The molecule has 124 valence electrons. The highest BCUT2D eigenvalue weighted by Crippen LogP contribution is 2.42. The molecular weight excluding hydrogens is 339 g/mol. The molecule has 0 aliphatic heterocycles. The van der Waals surface area contributed by atoms with Crippen molar-refractivity contribution in [1.29, 1.82) is 0 Å². The maximum atomic E-state index is 12.5. The Kier molecular flexibility index (Phi) is 5.84. The first kappa shape index (κ1) is 18.0. The molecule has 1 aromatic rings. The summed E-state index contributed by atoms with van der Waals surface area (Å²) in [6.07, 6.45) is 1.44. The lowest BCUT2D eigenvalue weighted by Gasteiger charge is -2.38. The van der Waals surface area contributed by atoms with Gasteiger partial charge in [0.15, 0.2) is 5.78 Å². The number of ketones is 1. The number of benzene rings is 1. The zero-order valence-electron chi connectivity index (χ0n) is 12.7. The fourth-order valence-electron chi connectivity index (χ4n) is 3.04. The molecule has 1 fully saturated rings. The number of carbonyl (C=O) groups is 2. The number of hydrogen-bond acceptors (Lipinski definition) is 4. The van der Waals surface area contributed by atoms with Crippen molar-refractivity contribution >= 4 is 35.0 Å². The average molecular weight is 357 g/mol. The number of ether oxygens (including phenoxy) is 1. The maximum Gasteiger partial charge on any atom is 0.317 e. The summed E-state index contributed by atoms with van der Waals surface area (Å²) in [5, 5.41) is 10.9. The van der Waals surface area contributed by atoms with E-state index in [1.54, 1.807) is 31.2 Å². The normalized spacial score (nSPS) is 27.4. The van der Waals surface area contributed by atoms with Crippen molar-refractivity contribution in [2.75, 3.05) is 6.61 Å². The Bertz CT molecular complexity index is 610. The highest BCUT2D eigenvalue weighted by molar-refractivity contribution is 6.55. The van der Waals surface area contributed by atoms with Gasteiger partial charge < -0.3 is 9.84 Å². The molecule has 4 nitrogen and oxygen atoms in total. The zero-order valence-corrected chi connectivity index (χ0v) is 14.2. The second kappa shape index (κ2) is 7.47. The molecule has 1 N–H and O–H groups in total. The quantitative estimate of drug-likeness (QED) is 0.663. The third-order valence-corrected chi connectivity index (χ3v) is 4.26. The molecular formula is C17H18Cl2O4. The number of halogens is 2. The summed E-state index contributed by atoms with van der Waals surface area (Å²) in [6, 6.07) is 8.90. The van der Waals surface area contributed by atoms with E-state index >= 15 is 0 Å². The third-order valence-electron chi connectivity index (χ3n) is 4.01. The van der Waals surface area contributed by atoms with Crippen LogP contribution in [0, 0.1) is 11.8 Å². The number of Topliss-reactive ketones (excluding diaryl/α,β-unsaturated/α-hetero) is 1. The Morgan fingerprint density at radius 3 is 2.61 bits per heavy atom. The Labute approximate surface area is 145 Å². The second-order valence-electron chi connectivity index (χ2n) is 5.59. The first-order chi connectivity index (χ1) is 10.9. The lowest BCUT2D eigenvalue weighted by Crippen LogP contribution is -2.45. The van der Waals surface area contributed by atoms with E-state index < -0.39 is 23.4 Å². The van der Waals surface area contributed by atoms with Gasteiger partial charge in [0.2, 0.25) is 0 Å². The van der Waals surface area contributed by atoms with Gasteiger partial charge in [0, 0.05) is 12.3 Å². The minimum atomic E-state index is -1.36. The van der Waals surface area contributed by atoms with Gasteiger partial charge in [-0.2, -0.15) is 0 Å². The van der Waals surface area contributed by atoms with E-state index in [1.807, 2.05) is 6.07 Å². The minimum absolute atomic E-state index is 0.0468. The van der Waals surface area contributed by atoms with E-state index in [4.69, 9.17) is 27.9 Å². The number of hydrogen-bond donors (Lipinski definition) is 1. The van der Waals surface area contributed by atoms with Crippen molar-refractivity contribution in [2.45, 2.75) is 25.4 Å². The molecule has 0 spiro atoms. The van der Waals surface area contributed by atoms with E-state index in [0.29, 0.717) is 5.56 Å². The highest BCUT2D eigenvalue weighted by Gasteiger charge is 2.48. The lowest BCUT2D eigenvalue weighted by molar-refractivity contribution is -0.159. The molecule has 1 aliphatic rings. The number of aliphatic hydroxyl groups is 1. The Hall–Kier alpha value is -1.36. The molecule has 0 aromatic heterocycles. The van der Waals surface area contributed by atoms with Crippen LogP contribution in [0.15, 0.2) is 40.9 Å². The standard InChI is InChI=1S/C17H18Cl2O4/c1-2-23-16(21)15-11(8-14(18)19)9-17(22,10-13(15)20)12-6-4-3-5-7-12/h3-8,11,15,22H,2,9-10H2,1H3/t11-,15-,17-/m1/s1. The molecule has 0 unspecified atom stereocenters. The van der Waals surface area contributed by atoms with E-state index in [0.717, 1.165) is 0 Å². The van der Waals surface area contributed by atoms with Crippen LogP contribution in [0.2, 0.25) is 0 Å². The van der Waals surface area contributed by atoms with E-state index in [2.05, 4.69) is 0 Å². The monoisotopic (exact) mass is 356 g/mol. The van der Waals surface area contributed by atoms with Crippen LogP contribution in [0.1, 0.15) is 25.3 Å². The molecule has 23 heavy (non-hydrogen) atoms. The predicted octanol–water partition coefficient (Wildman–Crippen LogP) is 3.35. The fraction of sp³-hybridized carbons (Fsp3) is 0.412. The molecule has 3 atom stereocenters. The Morgan fingerprint density at radius 2 is 2.04 bits per heavy atom. The molecule has 2 rings (SSSR count). The molecule has 0 amide bonds. The van der Waals surface area contributed by atoms with Crippen molar-refractivity contribution in [3.05, 3.63) is 46.5 Å². The van der Waals surface area contributed by atoms with Crippen molar-refractivity contribution in [2.24, 2.45) is 11.8 Å². The van der Waals surface area contributed by atoms with Gasteiger partial charge in [-0.15, -0.1) is 0 Å². The minimum Gasteiger partial charge on any atom is -0.465 e. The van der Waals surface area contributed by atoms with E-state index in [1.165, 1.54) is 6.08 Å². The molecule has 6 heteroatoms. The number of carbonyl (C=O) groups excluding carboxylic acids is 2. The second-order valence-corrected chi connectivity index (χ2v) is 6.60. The summed E-state index contributed by atoms with van der Waals surface area (Å²) in [5.41, 5.74) is -0.731. The number of esters is 1. The van der Waals surface area contributed by atoms with Crippen molar-refractivity contribution < 1.29 is 19.4 Å². The topological polar surface area (TPSA) is 63.6 Å². The van der Waals surface area contributed by atoms with Crippen LogP contribution in [0.4, 0.5) is 0 Å².